The van der Waals surface area contributed by atoms with Crippen molar-refractivity contribution in [2.24, 2.45) is 5.73 Å². The van der Waals surface area contributed by atoms with Gasteiger partial charge in [0, 0.05) is 48.6 Å². The van der Waals surface area contributed by atoms with Crippen LogP contribution >= 0.6 is 0 Å². The molecule has 6 nitrogen and oxygen atoms in total. The number of alkyl halides is 5. The minimum absolute atomic E-state index is 0.0590. The van der Waals surface area contributed by atoms with Gasteiger partial charge in [0.15, 0.2) is 5.82 Å². The first-order chi connectivity index (χ1) is 17.9. The quantitative estimate of drug-likeness (QED) is 0.326. The molecule has 5 rings (SSSR count). The van der Waals surface area contributed by atoms with Crippen molar-refractivity contribution in [3.63, 3.8) is 0 Å². The van der Waals surface area contributed by atoms with Gasteiger partial charge in [0.05, 0.1) is 17.8 Å². The van der Waals surface area contributed by atoms with E-state index >= 15 is 0 Å². The number of halogens is 5. The van der Waals surface area contributed by atoms with E-state index in [0.29, 0.717) is 17.9 Å². The lowest BCUT2D eigenvalue weighted by molar-refractivity contribution is -0.138. The maximum atomic E-state index is 13.7. The summed E-state index contributed by atoms with van der Waals surface area (Å²) in [6.07, 6.45) is -3.89. The highest BCUT2D eigenvalue weighted by Gasteiger charge is 2.41. The average molecular weight is 535 g/mol. The van der Waals surface area contributed by atoms with Gasteiger partial charge in [-0.05, 0) is 56.0 Å². The number of aromatic nitrogens is 2. The summed E-state index contributed by atoms with van der Waals surface area (Å²) >= 11 is 0. The van der Waals surface area contributed by atoms with Crippen LogP contribution in [0.1, 0.15) is 47.8 Å². The minimum atomic E-state index is -4.48. The fourth-order valence-corrected chi connectivity index (χ4v) is 5.67. The second-order valence-electron chi connectivity index (χ2n) is 10.3. The molecule has 1 atom stereocenters. The molecule has 3 aromatic rings. The number of anilines is 2. The lowest BCUT2D eigenvalue weighted by atomic mass is 9.99. The molecule has 0 saturated carbocycles. The SMILES string of the molecule is Cc1c([C@@H](N)Nc2nnc(C)c3ccc(N4CCC(N5CCC(F)(F)C5)CC4)cc23)cccc1C(F)(F)F. The van der Waals surface area contributed by atoms with E-state index in [4.69, 9.17) is 5.73 Å². The zero-order chi connectivity index (χ0) is 27.2. The Labute approximate surface area is 218 Å². The Morgan fingerprint density at radius 1 is 1.03 bits per heavy atom. The van der Waals surface area contributed by atoms with Crippen molar-refractivity contribution in [3.05, 3.63) is 58.8 Å². The normalized spacial score (nSPS) is 19.7. The highest BCUT2D eigenvalue weighted by atomic mass is 19.4. The summed E-state index contributed by atoms with van der Waals surface area (Å²) in [4.78, 5) is 4.14. The molecule has 0 bridgehead atoms. The molecule has 2 aliphatic heterocycles. The molecule has 204 valence electrons. The minimum Gasteiger partial charge on any atom is -0.371 e. The summed E-state index contributed by atoms with van der Waals surface area (Å²) in [5, 5.41) is 13.2. The number of fused-ring (bicyclic) bond motifs is 1. The number of nitrogens with zero attached hydrogens (tertiary/aromatic N) is 4. The molecule has 11 heteroatoms. The summed E-state index contributed by atoms with van der Waals surface area (Å²) in [5.41, 5.74) is 7.66. The Hall–Kier alpha value is -3.05. The molecular formula is C27H31F5N6. The third-order valence-electron chi connectivity index (χ3n) is 7.80. The summed E-state index contributed by atoms with van der Waals surface area (Å²) in [7, 11) is 0. The summed E-state index contributed by atoms with van der Waals surface area (Å²) in [5.74, 6) is -2.21. The molecule has 3 N–H and O–H groups in total. The maximum absolute atomic E-state index is 13.7. The molecule has 38 heavy (non-hydrogen) atoms. The third kappa shape index (κ3) is 5.26. The smallest absolute Gasteiger partial charge is 0.371 e. The van der Waals surface area contributed by atoms with Gasteiger partial charge in [0.25, 0.3) is 5.92 Å². The number of likely N-dealkylation sites (tertiary alicyclic amines) is 1. The third-order valence-corrected chi connectivity index (χ3v) is 7.80. The molecule has 0 unspecified atom stereocenters. The molecular weight excluding hydrogens is 503 g/mol. The van der Waals surface area contributed by atoms with Gasteiger partial charge < -0.3 is 16.0 Å². The van der Waals surface area contributed by atoms with Crippen LogP contribution in [0.4, 0.5) is 33.5 Å². The number of benzene rings is 2. The average Bonchev–Trinajstić information content (AvgIpc) is 3.24. The fraction of sp³-hybridized carbons (Fsp3) is 0.481. The van der Waals surface area contributed by atoms with E-state index in [1.54, 1.807) is 6.07 Å². The standard InChI is InChI=1S/C27H31F5N6/c1-16-20(4-3-5-23(16)27(30,31)32)24(33)34-25-22-14-19(6-7-21(22)17(2)35-36-25)37-11-8-18(9-12-37)38-13-10-26(28,29)15-38/h3-7,14,18,24H,8-13,15,33H2,1-2H3,(H,34,36)/t24-/m0/s1. The highest BCUT2D eigenvalue weighted by molar-refractivity contribution is 5.95. The topological polar surface area (TPSA) is 70.3 Å². The van der Waals surface area contributed by atoms with E-state index in [1.807, 2.05) is 30.0 Å². The van der Waals surface area contributed by atoms with Gasteiger partial charge in [-0.3, -0.25) is 4.90 Å². The van der Waals surface area contributed by atoms with Crippen LogP contribution in [0.5, 0.6) is 0 Å². The van der Waals surface area contributed by atoms with Crippen LogP contribution < -0.4 is 16.0 Å². The second kappa shape index (κ2) is 9.92. The van der Waals surface area contributed by atoms with Crippen molar-refractivity contribution in [1.29, 1.82) is 0 Å². The Balaban J connectivity index is 1.37. The number of nitrogens with one attached hydrogen (secondary N) is 1. The Kier molecular flexibility index (Phi) is 6.93. The van der Waals surface area contributed by atoms with Gasteiger partial charge in [0.1, 0.15) is 6.17 Å². The van der Waals surface area contributed by atoms with Crippen LogP contribution in [0.25, 0.3) is 10.8 Å². The monoisotopic (exact) mass is 534 g/mol. The predicted molar refractivity (Wildman–Crippen MR) is 137 cm³/mol. The second-order valence-corrected chi connectivity index (χ2v) is 10.3. The highest BCUT2D eigenvalue weighted by Crippen LogP contribution is 2.36. The van der Waals surface area contributed by atoms with Gasteiger partial charge in [0.2, 0.25) is 0 Å². The molecule has 2 fully saturated rings. The van der Waals surface area contributed by atoms with Gasteiger partial charge in [-0.15, -0.1) is 5.10 Å². The molecule has 1 aromatic heterocycles. The van der Waals surface area contributed by atoms with Crippen LogP contribution in [0, 0.1) is 13.8 Å². The van der Waals surface area contributed by atoms with Crippen LogP contribution in [0.2, 0.25) is 0 Å². The van der Waals surface area contributed by atoms with E-state index in [0.717, 1.165) is 54.2 Å². The van der Waals surface area contributed by atoms with E-state index in [2.05, 4.69) is 20.4 Å². The number of rotatable bonds is 5. The number of hydrogen-bond donors (Lipinski definition) is 2. The summed E-state index contributed by atoms with van der Waals surface area (Å²) in [6.45, 7) is 5.00. The fourth-order valence-electron chi connectivity index (χ4n) is 5.67. The molecule has 0 radical (unpaired) electrons. The molecule has 0 aliphatic carbocycles. The van der Waals surface area contributed by atoms with Gasteiger partial charge in [-0.2, -0.15) is 18.3 Å². The van der Waals surface area contributed by atoms with Crippen LogP contribution in [-0.4, -0.2) is 53.2 Å². The first kappa shape index (κ1) is 26.6. The molecule has 2 aliphatic rings. The Morgan fingerprint density at radius 3 is 2.42 bits per heavy atom. The van der Waals surface area contributed by atoms with Crippen LogP contribution in [0.15, 0.2) is 36.4 Å². The van der Waals surface area contributed by atoms with E-state index in [9.17, 15) is 22.0 Å². The number of hydrogen-bond acceptors (Lipinski definition) is 6. The predicted octanol–water partition coefficient (Wildman–Crippen LogP) is 5.64. The van der Waals surface area contributed by atoms with Crippen molar-refractivity contribution < 1.29 is 22.0 Å². The van der Waals surface area contributed by atoms with E-state index in [1.165, 1.54) is 13.0 Å². The van der Waals surface area contributed by atoms with Gasteiger partial charge in [-0.1, -0.05) is 18.2 Å². The Morgan fingerprint density at radius 2 is 1.76 bits per heavy atom. The van der Waals surface area contributed by atoms with Crippen molar-refractivity contribution in [1.82, 2.24) is 15.1 Å². The van der Waals surface area contributed by atoms with Crippen molar-refractivity contribution in [2.45, 2.75) is 57.4 Å². The van der Waals surface area contributed by atoms with Crippen LogP contribution in [-0.2, 0) is 6.18 Å². The largest absolute Gasteiger partial charge is 0.416 e. The van der Waals surface area contributed by atoms with E-state index in [-0.39, 0.29) is 24.6 Å². The van der Waals surface area contributed by atoms with Crippen LogP contribution in [0.3, 0.4) is 0 Å². The van der Waals surface area contributed by atoms with E-state index < -0.39 is 23.8 Å². The first-order valence-corrected chi connectivity index (χ1v) is 12.8. The zero-order valence-corrected chi connectivity index (χ0v) is 21.3. The zero-order valence-electron chi connectivity index (χ0n) is 21.3. The molecule has 0 spiro atoms. The van der Waals surface area contributed by atoms with Crippen molar-refractivity contribution >= 4 is 22.3 Å². The Bertz CT molecular complexity index is 1320. The number of nitrogens with two attached hydrogens (primary N) is 1. The van der Waals surface area contributed by atoms with Crippen molar-refractivity contribution in [2.75, 3.05) is 36.4 Å². The summed E-state index contributed by atoms with van der Waals surface area (Å²) in [6, 6.07) is 10.0. The number of aryl methyl sites for hydroxylation is 1. The molecule has 2 aromatic carbocycles. The molecule has 2 saturated heterocycles. The van der Waals surface area contributed by atoms with Gasteiger partial charge in [-0.25, -0.2) is 8.78 Å². The molecule has 3 heterocycles. The number of piperidine rings is 1. The molecule has 0 amide bonds. The first-order valence-electron chi connectivity index (χ1n) is 12.8. The lowest BCUT2D eigenvalue weighted by Gasteiger charge is -2.38. The summed E-state index contributed by atoms with van der Waals surface area (Å²) < 4.78 is 67.6. The lowest BCUT2D eigenvalue weighted by Crippen LogP contribution is -2.44. The van der Waals surface area contributed by atoms with Gasteiger partial charge >= 0.3 is 6.18 Å². The van der Waals surface area contributed by atoms with Crippen molar-refractivity contribution in [3.8, 4) is 0 Å². The maximum Gasteiger partial charge on any atom is 0.416 e.